The molecular formula is C51H68ClN4O5S+. The number of halogens is 1. The molecule has 6 rings (SSSR count). The van der Waals surface area contributed by atoms with Crippen LogP contribution in [0.1, 0.15) is 135 Å². The Kier molecular flexibility index (Phi) is 16.3. The van der Waals surface area contributed by atoms with Crippen molar-refractivity contribution in [2.24, 2.45) is 0 Å². The molecule has 9 nitrogen and oxygen atoms in total. The second-order valence-electron chi connectivity index (χ2n) is 18.4. The first-order chi connectivity index (χ1) is 29.7. The van der Waals surface area contributed by atoms with Crippen molar-refractivity contribution in [3.63, 3.8) is 0 Å². The Bertz CT molecular complexity index is 2250. The van der Waals surface area contributed by atoms with Gasteiger partial charge in [0.2, 0.25) is 17.5 Å². The number of rotatable bonds is 18. The van der Waals surface area contributed by atoms with Crippen molar-refractivity contribution in [2.45, 2.75) is 141 Å². The average Bonchev–Trinajstić information content (AvgIpc) is 3.57. The molecule has 1 unspecified atom stereocenters. The number of benzene rings is 2. The van der Waals surface area contributed by atoms with Crippen LogP contribution < -0.4 is 15.5 Å². The van der Waals surface area contributed by atoms with E-state index in [9.17, 15) is 22.6 Å². The van der Waals surface area contributed by atoms with Gasteiger partial charge in [-0.15, -0.1) is 0 Å². The molecule has 0 saturated carbocycles. The molecule has 0 aromatic heterocycles. The Labute approximate surface area is 375 Å². The fourth-order valence-corrected chi connectivity index (χ4v) is 10.5. The summed E-state index contributed by atoms with van der Waals surface area (Å²) in [6.45, 7) is 11.0. The third-order valence-corrected chi connectivity index (χ3v) is 14.3. The molecule has 11 heteroatoms. The highest BCUT2D eigenvalue weighted by molar-refractivity contribution is 7.85. The zero-order valence-corrected chi connectivity index (χ0v) is 38.9. The Morgan fingerprint density at radius 3 is 2.35 bits per heavy atom. The molecule has 2 amide bonds. The molecule has 2 aromatic rings. The number of anilines is 1. The highest BCUT2D eigenvalue weighted by atomic mass is 35.5. The van der Waals surface area contributed by atoms with Gasteiger partial charge in [0.25, 0.3) is 10.1 Å². The summed E-state index contributed by atoms with van der Waals surface area (Å²) >= 11 is 7.25. The summed E-state index contributed by atoms with van der Waals surface area (Å²) in [4.78, 5) is 27.7. The lowest BCUT2D eigenvalue weighted by Gasteiger charge is -2.27. The molecule has 1 atom stereocenters. The number of nitrogens with one attached hydrogen (secondary N) is 2. The number of fused-ring (bicyclic) bond motifs is 2. The van der Waals surface area contributed by atoms with E-state index in [2.05, 4.69) is 127 Å². The minimum Gasteiger partial charge on any atom is -0.356 e. The molecule has 2 aromatic carbocycles. The van der Waals surface area contributed by atoms with Gasteiger partial charge in [0.05, 0.1) is 11.2 Å². The lowest BCUT2D eigenvalue weighted by molar-refractivity contribution is -0.438. The van der Waals surface area contributed by atoms with E-state index in [1.54, 1.807) is 0 Å². The minimum atomic E-state index is -4.00. The Morgan fingerprint density at radius 2 is 1.56 bits per heavy atom. The Hall–Kier alpha value is -4.25. The van der Waals surface area contributed by atoms with Gasteiger partial charge >= 0.3 is 0 Å². The van der Waals surface area contributed by atoms with Gasteiger partial charge in [0.1, 0.15) is 6.54 Å². The zero-order chi connectivity index (χ0) is 44.3. The standard InChI is InChI=1S/C51H67ClN4O5S/c1-50(2)41-24-10-12-26-43(41)55(35-16-17-37-62(59,60)61)45(50)32-30-38-20-18-21-39(49(38)52)31-33-46-51(3,4)42-25-11-13-27-44(42)56(46)36-19-34-53-47(57)28-14-15-29-48(58)54-40-22-8-6-5-7-9-23-40/h5-6,10-13,24-27,30-33,40H,7-9,14-23,28-29,34-37H2,1-4H3,(H2-,53,54,57,58,59,60,61)/p+1/b6-5+. The van der Waals surface area contributed by atoms with Crippen LogP contribution in [0, 0.1) is 0 Å². The number of allylic oxidation sites excluding steroid dienone is 10. The summed E-state index contributed by atoms with van der Waals surface area (Å²) in [6, 6.07) is 17.2. The van der Waals surface area contributed by atoms with E-state index in [4.69, 9.17) is 11.6 Å². The van der Waals surface area contributed by atoms with Gasteiger partial charge in [-0.25, -0.2) is 0 Å². The first kappa shape index (κ1) is 47.2. The topological polar surface area (TPSA) is 119 Å². The van der Waals surface area contributed by atoms with Gasteiger partial charge in [-0.05, 0) is 120 Å². The predicted molar refractivity (Wildman–Crippen MR) is 254 cm³/mol. The van der Waals surface area contributed by atoms with Crippen molar-refractivity contribution < 1.29 is 27.1 Å². The third kappa shape index (κ3) is 12.1. The van der Waals surface area contributed by atoms with E-state index >= 15 is 0 Å². The molecule has 3 N–H and O–H groups in total. The number of unbranched alkanes of at least 4 members (excludes halogenated alkanes) is 2. The van der Waals surface area contributed by atoms with Crippen LogP contribution >= 0.6 is 11.6 Å². The van der Waals surface area contributed by atoms with Crippen molar-refractivity contribution in [2.75, 3.05) is 30.3 Å². The van der Waals surface area contributed by atoms with Crippen molar-refractivity contribution >= 4 is 50.6 Å². The molecule has 0 spiro atoms. The van der Waals surface area contributed by atoms with E-state index < -0.39 is 10.1 Å². The van der Waals surface area contributed by atoms with Gasteiger partial charge < -0.3 is 15.5 Å². The minimum absolute atomic E-state index is 0.0336. The summed E-state index contributed by atoms with van der Waals surface area (Å²) in [6.07, 6.45) is 25.3. The number of carbonyl (C=O) groups is 2. The molecule has 2 heterocycles. The van der Waals surface area contributed by atoms with Crippen molar-refractivity contribution in [3.05, 3.63) is 118 Å². The van der Waals surface area contributed by atoms with Crippen LogP contribution in [-0.4, -0.2) is 66.5 Å². The lowest BCUT2D eigenvalue weighted by Crippen LogP contribution is -2.34. The van der Waals surface area contributed by atoms with E-state index in [0.717, 1.165) is 91.9 Å². The summed E-state index contributed by atoms with van der Waals surface area (Å²) in [5.74, 6) is -0.111. The highest BCUT2D eigenvalue weighted by Crippen LogP contribution is 2.48. The molecule has 0 saturated heterocycles. The summed E-state index contributed by atoms with van der Waals surface area (Å²) in [5.41, 5.74) is 8.87. The summed E-state index contributed by atoms with van der Waals surface area (Å²) in [5, 5.41) is 7.11. The van der Waals surface area contributed by atoms with E-state index in [0.29, 0.717) is 51.6 Å². The smallest absolute Gasteiger partial charge is 0.264 e. The number of hydrogen-bond acceptors (Lipinski definition) is 5. The number of carbonyl (C=O) groups excluding carboxylic acids is 2. The number of para-hydroxylation sites is 2. The second kappa shape index (κ2) is 21.4. The molecule has 62 heavy (non-hydrogen) atoms. The average molecular weight is 885 g/mol. The van der Waals surface area contributed by atoms with E-state index in [1.165, 1.54) is 22.5 Å². The number of amides is 2. The molecule has 334 valence electrons. The normalized spacial score (nSPS) is 21.6. The van der Waals surface area contributed by atoms with Crippen molar-refractivity contribution in [1.82, 2.24) is 10.6 Å². The van der Waals surface area contributed by atoms with Crippen LogP contribution in [0.15, 0.2) is 107 Å². The molecule has 0 radical (unpaired) electrons. The van der Waals surface area contributed by atoms with Gasteiger partial charge in [-0.1, -0.05) is 86.2 Å². The van der Waals surface area contributed by atoms with E-state index in [1.807, 2.05) is 6.07 Å². The van der Waals surface area contributed by atoms with Gasteiger partial charge in [0.15, 0.2) is 5.71 Å². The first-order valence-corrected chi connectivity index (χ1v) is 24.9. The SMILES string of the molecule is CC1(C)C(/C=C/C2=C(Cl)C(=C/C=C3/N(CCCNC(=O)CCCCC(=O)NC4CC/C=C/CCC4)c4ccccc4C3(C)C)/CCC2)=[N+](CCCCS(=O)(=O)O)c2ccccc21. The van der Waals surface area contributed by atoms with Crippen molar-refractivity contribution in [1.29, 1.82) is 0 Å². The fraction of sp³-hybridized carbons (Fsp3) is 0.510. The second-order valence-corrected chi connectivity index (χ2v) is 20.3. The van der Waals surface area contributed by atoms with Crippen LogP contribution in [0.4, 0.5) is 11.4 Å². The maximum atomic E-state index is 12.8. The monoisotopic (exact) mass is 883 g/mol. The van der Waals surface area contributed by atoms with Gasteiger partial charge in [-0.2, -0.15) is 13.0 Å². The Balaban J connectivity index is 1.09. The van der Waals surface area contributed by atoms with Crippen LogP contribution in [-0.2, 0) is 30.5 Å². The first-order valence-electron chi connectivity index (χ1n) is 22.9. The maximum absolute atomic E-state index is 12.8. The maximum Gasteiger partial charge on any atom is 0.264 e. The van der Waals surface area contributed by atoms with Crippen molar-refractivity contribution in [3.8, 4) is 0 Å². The summed E-state index contributed by atoms with van der Waals surface area (Å²) in [7, 11) is -4.00. The Morgan fingerprint density at radius 1 is 0.839 bits per heavy atom. The highest BCUT2D eigenvalue weighted by Gasteiger charge is 2.44. The molecule has 4 aliphatic rings. The molecule has 0 bridgehead atoms. The lowest BCUT2D eigenvalue weighted by atomic mass is 9.81. The van der Waals surface area contributed by atoms with Crippen LogP contribution in [0.25, 0.3) is 0 Å². The van der Waals surface area contributed by atoms with E-state index in [-0.39, 0.29) is 34.4 Å². The van der Waals surface area contributed by atoms with Gasteiger partial charge in [-0.3, -0.25) is 14.1 Å². The van der Waals surface area contributed by atoms with Crippen LogP contribution in [0.3, 0.4) is 0 Å². The van der Waals surface area contributed by atoms with Crippen LogP contribution in [0.5, 0.6) is 0 Å². The molecule has 0 fully saturated rings. The fourth-order valence-electron chi connectivity index (χ4n) is 9.61. The third-order valence-electron chi connectivity index (χ3n) is 13.0. The zero-order valence-electron chi connectivity index (χ0n) is 37.4. The molecule has 2 aliphatic carbocycles. The summed E-state index contributed by atoms with van der Waals surface area (Å²) < 4.78 is 34.4. The largest absolute Gasteiger partial charge is 0.356 e. The number of nitrogens with zero attached hydrogens (tertiary/aromatic N) is 2. The quantitative estimate of drug-likeness (QED) is 0.0594. The molecular weight excluding hydrogens is 816 g/mol. The molecule has 2 aliphatic heterocycles. The number of hydrogen-bond donors (Lipinski definition) is 3. The van der Waals surface area contributed by atoms with Crippen LogP contribution in [0.2, 0.25) is 0 Å². The predicted octanol–water partition coefficient (Wildman–Crippen LogP) is 10.6. The van der Waals surface area contributed by atoms with Gasteiger partial charge in [0, 0.05) is 77.9 Å².